The molecule has 0 radical (unpaired) electrons. The fraction of sp³-hybridized carbons (Fsp3) is 0.385. The third kappa shape index (κ3) is 5.23. The molecular weight excluding hydrogens is 246 g/mol. The molecule has 5 heteroatoms. The number of amidine groups is 1. The molecule has 4 nitrogen and oxygen atoms in total. The number of nitrogens with two attached hydrogens (primary N) is 1. The normalized spacial score (nSPS) is 10.4. The molecule has 0 spiro atoms. The van der Waals surface area contributed by atoms with Crippen LogP contribution in [-0.4, -0.2) is 23.5 Å². The van der Waals surface area contributed by atoms with E-state index in [0.29, 0.717) is 5.75 Å². The molecular formula is C13H19N3OS. The molecule has 4 N–H and O–H groups in total. The van der Waals surface area contributed by atoms with Crippen molar-refractivity contribution in [3.05, 3.63) is 35.4 Å². The van der Waals surface area contributed by atoms with Crippen LogP contribution in [0.4, 0.5) is 0 Å². The van der Waals surface area contributed by atoms with Crippen molar-refractivity contribution in [1.82, 2.24) is 5.32 Å². The lowest BCUT2D eigenvalue weighted by Gasteiger charge is -2.08. The number of thioether (sulfide) groups is 1. The van der Waals surface area contributed by atoms with Crippen LogP contribution in [0, 0.1) is 5.41 Å². The maximum absolute atomic E-state index is 11.4. The summed E-state index contributed by atoms with van der Waals surface area (Å²) in [5.41, 5.74) is 7.22. The molecule has 1 aromatic carbocycles. The average Bonchev–Trinajstić information content (AvgIpc) is 2.28. The molecule has 0 aliphatic rings. The highest BCUT2D eigenvalue weighted by molar-refractivity contribution is 7.99. The molecule has 0 saturated heterocycles. The Morgan fingerprint density at radius 3 is 2.83 bits per heavy atom. The van der Waals surface area contributed by atoms with Gasteiger partial charge in [0.1, 0.15) is 5.84 Å². The monoisotopic (exact) mass is 265 g/mol. The van der Waals surface area contributed by atoms with Gasteiger partial charge in [-0.15, -0.1) is 11.8 Å². The van der Waals surface area contributed by atoms with Crippen LogP contribution in [0.1, 0.15) is 25.0 Å². The lowest BCUT2D eigenvalue weighted by atomic mass is 10.1. The van der Waals surface area contributed by atoms with E-state index in [0.717, 1.165) is 16.9 Å². The second-order valence-electron chi connectivity index (χ2n) is 4.33. The first-order chi connectivity index (χ1) is 8.49. The molecule has 1 amide bonds. The minimum absolute atomic E-state index is 0.0534. The highest BCUT2D eigenvalue weighted by Crippen LogP contribution is 2.13. The quantitative estimate of drug-likeness (QED) is 0.541. The van der Waals surface area contributed by atoms with Gasteiger partial charge in [-0.1, -0.05) is 18.2 Å². The van der Waals surface area contributed by atoms with Crippen LogP contribution in [-0.2, 0) is 10.5 Å². The SMILES string of the molecule is CC(C)NC(=O)CSCc1cccc(C(=N)N)c1. The Bertz CT molecular complexity index is 432. The van der Waals surface area contributed by atoms with Crippen LogP contribution in [0.2, 0.25) is 0 Å². The smallest absolute Gasteiger partial charge is 0.230 e. The zero-order valence-electron chi connectivity index (χ0n) is 10.7. The van der Waals surface area contributed by atoms with Gasteiger partial charge in [0.2, 0.25) is 5.91 Å². The highest BCUT2D eigenvalue weighted by atomic mass is 32.2. The van der Waals surface area contributed by atoms with E-state index in [-0.39, 0.29) is 17.8 Å². The molecule has 0 heterocycles. The predicted molar refractivity (Wildman–Crippen MR) is 76.9 cm³/mol. The molecule has 18 heavy (non-hydrogen) atoms. The Hall–Kier alpha value is -1.49. The average molecular weight is 265 g/mol. The van der Waals surface area contributed by atoms with Crippen molar-refractivity contribution in [3.63, 3.8) is 0 Å². The number of carbonyl (C=O) groups is 1. The number of rotatable bonds is 6. The molecule has 98 valence electrons. The van der Waals surface area contributed by atoms with Gasteiger partial charge in [0.15, 0.2) is 0 Å². The van der Waals surface area contributed by atoms with Crippen molar-refractivity contribution >= 4 is 23.5 Å². The molecule has 1 aromatic rings. The number of benzene rings is 1. The fourth-order valence-electron chi connectivity index (χ4n) is 1.45. The van der Waals surface area contributed by atoms with Crippen molar-refractivity contribution < 1.29 is 4.79 Å². The number of amides is 1. The predicted octanol–water partition coefficient (Wildman–Crippen LogP) is 1.73. The lowest BCUT2D eigenvalue weighted by Crippen LogP contribution is -2.31. The first-order valence-electron chi connectivity index (χ1n) is 5.79. The zero-order chi connectivity index (χ0) is 13.5. The molecule has 0 aliphatic carbocycles. The van der Waals surface area contributed by atoms with Crippen LogP contribution in [0.5, 0.6) is 0 Å². The van der Waals surface area contributed by atoms with E-state index < -0.39 is 0 Å². The van der Waals surface area contributed by atoms with Gasteiger partial charge < -0.3 is 11.1 Å². The third-order valence-corrected chi connectivity index (χ3v) is 3.19. The van der Waals surface area contributed by atoms with Gasteiger partial charge in [-0.05, 0) is 25.5 Å². The summed E-state index contributed by atoms with van der Waals surface area (Å²) in [6, 6.07) is 7.72. The molecule has 0 bridgehead atoms. The molecule has 0 unspecified atom stereocenters. The summed E-state index contributed by atoms with van der Waals surface area (Å²) in [5, 5.41) is 10.2. The summed E-state index contributed by atoms with van der Waals surface area (Å²) in [5.74, 6) is 1.31. The first kappa shape index (κ1) is 14.6. The van der Waals surface area contributed by atoms with E-state index in [1.807, 2.05) is 38.1 Å². The summed E-state index contributed by atoms with van der Waals surface area (Å²) in [6.07, 6.45) is 0. The van der Waals surface area contributed by atoms with Gasteiger partial charge in [0, 0.05) is 17.4 Å². The third-order valence-electron chi connectivity index (χ3n) is 2.19. The van der Waals surface area contributed by atoms with E-state index in [1.165, 1.54) is 0 Å². The standard InChI is InChI=1S/C13H19N3OS/c1-9(2)16-12(17)8-18-7-10-4-3-5-11(6-10)13(14)15/h3-6,9H,7-8H2,1-2H3,(H3,14,15)(H,16,17). The molecule has 0 aromatic heterocycles. The number of hydrogen-bond acceptors (Lipinski definition) is 3. The van der Waals surface area contributed by atoms with Crippen molar-refractivity contribution in [3.8, 4) is 0 Å². The van der Waals surface area contributed by atoms with Gasteiger partial charge in [-0.3, -0.25) is 10.2 Å². The molecule has 0 fully saturated rings. The largest absolute Gasteiger partial charge is 0.384 e. The van der Waals surface area contributed by atoms with Crippen LogP contribution in [0.25, 0.3) is 0 Å². The van der Waals surface area contributed by atoms with Crippen LogP contribution >= 0.6 is 11.8 Å². The molecule has 0 atom stereocenters. The van der Waals surface area contributed by atoms with Gasteiger partial charge in [0.05, 0.1) is 5.75 Å². The second-order valence-corrected chi connectivity index (χ2v) is 5.31. The van der Waals surface area contributed by atoms with Crippen molar-refractivity contribution in [2.24, 2.45) is 5.73 Å². The van der Waals surface area contributed by atoms with Gasteiger partial charge in [-0.2, -0.15) is 0 Å². The number of nitrogen functional groups attached to an aromatic ring is 1. The Morgan fingerprint density at radius 2 is 2.22 bits per heavy atom. The fourth-order valence-corrected chi connectivity index (χ4v) is 2.24. The summed E-state index contributed by atoms with van der Waals surface area (Å²) in [6.45, 7) is 3.89. The summed E-state index contributed by atoms with van der Waals surface area (Å²) >= 11 is 1.55. The highest BCUT2D eigenvalue weighted by Gasteiger charge is 2.04. The molecule has 0 saturated carbocycles. The molecule has 1 rings (SSSR count). The Kier molecular flexibility index (Phi) is 5.71. The van der Waals surface area contributed by atoms with E-state index >= 15 is 0 Å². The Labute approximate surface area is 112 Å². The van der Waals surface area contributed by atoms with Crippen LogP contribution < -0.4 is 11.1 Å². The first-order valence-corrected chi connectivity index (χ1v) is 6.95. The van der Waals surface area contributed by atoms with E-state index in [9.17, 15) is 4.79 Å². The molecule has 0 aliphatic heterocycles. The van der Waals surface area contributed by atoms with Gasteiger partial charge in [0.25, 0.3) is 0 Å². The second kappa shape index (κ2) is 7.06. The van der Waals surface area contributed by atoms with E-state index in [1.54, 1.807) is 11.8 Å². The maximum Gasteiger partial charge on any atom is 0.230 e. The van der Waals surface area contributed by atoms with Crippen molar-refractivity contribution in [2.45, 2.75) is 25.6 Å². The Balaban J connectivity index is 2.42. The van der Waals surface area contributed by atoms with Crippen molar-refractivity contribution in [2.75, 3.05) is 5.75 Å². The summed E-state index contributed by atoms with van der Waals surface area (Å²) in [7, 11) is 0. The van der Waals surface area contributed by atoms with Crippen molar-refractivity contribution in [1.29, 1.82) is 5.41 Å². The zero-order valence-corrected chi connectivity index (χ0v) is 11.5. The number of carbonyl (C=O) groups excluding carboxylic acids is 1. The summed E-state index contributed by atoms with van der Waals surface area (Å²) < 4.78 is 0. The van der Waals surface area contributed by atoms with Crippen LogP contribution in [0.15, 0.2) is 24.3 Å². The van der Waals surface area contributed by atoms with E-state index in [2.05, 4.69) is 5.32 Å². The number of nitrogens with one attached hydrogen (secondary N) is 2. The maximum atomic E-state index is 11.4. The number of hydrogen-bond donors (Lipinski definition) is 3. The topological polar surface area (TPSA) is 79.0 Å². The van der Waals surface area contributed by atoms with Crippen LogP contribution in [0.3, 0.4) is 0 Å². The lowest BCUT2D eigenvalue weighted by molar-refractivity contribution is -0.119. The van der Waals surface area contributed by atoms with Gasteiger partial charge in [-0.25, -0.2) is 0 Å². The van der Waals surface area contributed by atoms with E-state index in [4.69, 9.17) is 11.1 Å². The van der Waals surface area contributed by atoms with Gasteiger partial charge >= 0.3 is 0 Å². The summed E-state index contributed by atoms with van der Waals surface area (Å²) in [4.78, 5) is 11.4. The minimum atomic E-state index is 0.0534. The minimum Gasteiger partial charge on any atom is -0.384 e. The Morgan fingerprint density at radius 1 is 1.50 bits per heavy atom.